The molecular weight excluding hydrogens is 337 g/mol. The van der Waals surface area contributed by atoms with E-state index in [0.717, 1.165) is 25.0 Å². The fourth-order valence-electron chi connectivity index (χ4n) is 2.92. The van der Waals surface area contributed by atoms with Gasteiger partial charge in [0, 0.05) is 18.4 Å². The molecule has 0 spiro atoms. The number of hydrogen-bond acceptors (Lipinski definition) is 4. The van der Waals surface area contributed by atoms with Crippen molar-refractivity contribution in [3.05, 3.63) is 41.6 Å². The van der Waals surface area contributed by atoms with Crippen LogP contribution in [0.4, 0.5) is 13.2 Å². The summed E-state index contributed by atoms with van der Waals surface area (Å²) >= 11 is 0. The van der Waals surface area contributed by atoms with Crippen molar-refractivity contribution in [1.82, 2.24) is 9.78 Å². The number of carbonyl (C=O) groups excluding carboxylic acids is 1. The second kappa shape index (κ2) is 6.87. The zero-order valence-corrected chi connectivity index (χ0v) is 13.5. The van der Waals surface area contributed by atoms with Crippen molar-refractivity contribution in [3.8, 4) is 11.3 Å². The highest BCUT2D eigenvalue weighted by molar-refractivity contribution is 5.91. The zero-order chi connectivity index (χ0) is 18.0. The van der Waals surface area contributed by atoms with E-state index < -0.39 is 23.9 Å². The Kier molecular flexibility index (Phi) is 4.80. The van der Waals surface area contributed by atoms with Crippen LogP contribution < -0.4 is 0 Å². The van der Waals surface area contributed by atoms with Gasteiger partial charge in [0.2, 0.25) is 0 Å². The molecule has 0 saturated carbocycles. The quantitative estimate of drug-likeness (QED) is 0.780. The van der Waals surface area contributed by atoms with Crippen LogP contribution in [0.5, 0.6) is 0 Å². The van der Waals surface area contributed by atoms with Gasteiger partial charge < -0.3 is 9.47 Å². The Bertz CT molecular complexity index is 765. The molecule has 1 unspecified atom stereocenters. The maximum absolute atomic E-state index is 13.5. The van der Waals surface area contributed by atoms with Gasteiger partial charge >= 0.3 is 12.1 Å². The lowest BCUT2D eigenvalue weighted by molar-refractivity contribution is -0.137. The summed E-state index contributed by atoms with van der Waals surface area (Å²) in [6, 6.07) is 4.67. The maximum atomic E-state index is 13.5. The van der Waals surface area contributed by atoms with Crippen LogP contribution in [0.25, 0.3) is 11.3 Å². The summed E-state index contributed by atoms with van der Waals surface area (Å²) in [7, 11) is 1.18. The third-order valence-electron chi connectivity index (χ3n) is 4.12. The molecule has 0 N–H and O–H groups in total. The Balaban J connectivity index is 2.12. The first-order valence-electron chi connectivity index (χ1n) is 7.87. The molecular formula is C17H17F3N2O3. The molecule has 0 bridgehead atoms. The van der Waals surface area contributed by atoms with Gasteiger partial charge in [0.1, 0.15) is 0 Å². The number of nitrogens with zero attached hydrogens (tertiary/aromatic N) is 2. The van der Waals surface area contributed by atoms with Gasteiger partial charge in [-0.1, -0.05) is 0 Å². The standard InChI is InChI=1S/C17H17F3N2O3/c1-24-16(23)11-5-6-13(17(18,19)20)12(10-11)14-7-8-21-22(14)15-4-2-3-9-25-15/h5-8,10,15H,2-4,9H2,1H3. The summed E-state index contributed by atoms with van der Waals surface area (Å²) in [4.78, 5) is 11.7. The number of carbonyl (C=O) groups is 1. The van der Waals surface area contributed by atoms with E-state index in [-0.39, 0.29) is 16.8 Å². The monoisotopic (exact) mass is 354 g/mol. The Hall–Kier alpha value is -2.35. The predicted molar refractivity (Wildman–Crippen MR) is 82.8 cm³/mol. The van der Waals surface area contributed by atoms with Crippen molar-refractivity contribution >= 4 is 5.97 Å². The molecule has 1 aromatic heterocycles. The first kappa shape index (κ1) is 17.5. The zero-order valence-electron chi connectivity index (χ0n) is 13.5. The highest BCUT2D eigenvalue weighted by Gasteiger charge is 2.35. The van der Waals surface area contributed by atoms with E-state index in [1.165, 1.54) is 30.1 Å². The van der Waals surface area contributed by atoms with E-state index in [4.69, 9.17) is 4.74 Å². The molecule has 25 heavy (non-hydrogen) atoms. The Morgan fingerprint density at radius 2 is 2.12 bits per heavy atom. The van der Waals surface area contributed by atoms with Gasteiger partial charge in [-0.15, -0.1) is 0 Å². The number of esters is 1. The maximum Gasteiger partial charge on any atom is 0.417 e. The van der Waals surface area contributed by atoms with Crippen LogP contribution in [-0.2, 0) is 15.7 Å². The second-order valence-corrected chi connectivity index (χ2v) is 5.73. The highest BCUT2D eigenvalue weighted by Crippen LogP contribution is 2.39. The van der Waals surface area contributed by atoms with Gasteiger partial charge in [0.15, 0.2) is 6.23 Å². The van der Waals surface area contributed by atoms with Gasteiger partial charge in [0.25, 0.3) is 0 Å². The average Bonchev–Trinajstić information content (AvgIpc) is 3.10. The number of methoxy groups -OCH3 is 1. The van der Waals surface area contributed by atoms with Crippen molar-refractivity contribution in [2.24, 2.45) is 0 Å². The number of benzene rings is 1. The molecule has 1 aliphatic heterocycles. The largest absolute Gasteiger partial charge is 0.465 e. The van der Waals surface area contributed by atoms with Crippen LogP contribution >= 0.6 is 0 Å². The molecule has 5 nitrogen and oxygen atoms in total. The normalized spacial score (nSPS) is 18.2. The molecule has 0 radical (unpaired) electrons. The van der Waals surface area contributed by atoms with E-state index in [1.54, 1.807) is 0 Å². The van der Waals surface area contributed by atoms with E-state index in [9.17, 15) is 18.0 Å². The summed E-state index contributed by atoms with van der Waals surface area (Å²) in [6.07, 6.45) is -1.05. The molecule has 1 aliphatic rings. The summed E-state index contributed by atoms with van der Waals surface area (Å²) in [6.45, 7) is 0.540. The number of ether oxygens (including phenoxy) is 2. The predicted octanol–water partition coefficient (Wildman–Crippen LogP) is 4.05. The lowest BCUT2D eigenvalue weighted by atomic mass is 10.00. The molecule has 2 aromatic rings. The molecule has 3 rings (SSSR count). The van der Waals surface area contributed by atoms with Crippen molar-refractivity contribution < 1.29 is 27.4 Å². The Labute approximate surface area is 142 Å². The van der Waals surface area contributed by atoms with Crippen molar-refractivity contribution in [2.75, 3.05) is 13.7 Å². The van der Waals surface area contributed by atoms with Crippen LogP contribution in [0.1, 0.15) is 41.4 Å². The van der Waals surface area contributed by atoms with Crippen molar-refractivity contribution in [1.29, 1.82) is 0 Å². The Morgan fingerprint density at radius 1 is 1.32 bits per heavy atom. The van der Waals surface area contributed by atoms with Gasteiger partial charge in [-0.2, -0.15) is 18.3 Å². The molecule has 0 amide bonds. The lowest BCUT2D eigenvalue weighted by Crippen LogP contribution is -2.20. The van der Waals surface area contributed by atoms with Crippen LogP contribution in [0, 0.1) is 0 Å². The summed E-state index contributed by atoms with van der Waals surface area (Å²) in [5, 5.41) is 4.14. The van der Waals surface area contributed by atoms with Crippen molar-refractivity contribution in [2.45, 2.75) is 31.7 Å². The summed E-state index contributed by atoms with van der Waals surface area (Å²) < 4.78 is 52.1. The smallest absolute Gasteiger partial charge is 0.417 e. The SMILES string of the molecule is COC(=O)c1ccc(C(F)(F)F)c(-c2ccnn2C2CCCCO2)c1. The molecule has 8 heteroatoms. The van der Waals surface area contributed by atoms with Gasteiger partial charge in [-0.3, -0.25) is 0 Å². The molecule has 1 fully saturated rings. The minimum atomic E-state index is -4.56. The number of alkyl halides is 3. The lowest BCUT2D eigenvalue weighted by Gasteiger charge is -2.25. The highest BCUT2D eigenvalue weighted by atomic mass is 19.4. The van der Waals surface area contributed by atoms with Crippen LogP contribution in [-0.4, -0.2) is 29.5 Å². The molecule has 1 aromatic carbocycles. The molecule has 134 valence electrons. The molecule has 1 saturated heterocycles. The number of aromatic nitrogens is 2. The van der Waals surface area contributed by atoms with E-state index in [0.29, 0.717) is 13.0 Å². The fraction of sp³-hybridized carbons (Fsp3) is 0.412. The minimum absolute atomic E-state index is 0.0443. The minimum Gasteiger partial charge on any atom is -0.465 e. The molecule has 1 atom stereocenters. The van der Waals surface area contributed by atoms with Gasteiger partial charge in [-0.05, 0) is 43.5 Å². The average molecular weight is 354 g/mol. The van der Waals surface area contributed by atoms with E-state index in [2.05, 4.69) is 9.84 Å². The van der Waals surface area contributed by atoms with E-state index >= 15 is 0 Å². The van der Waals surface area contributed by atoms with Gasteiger partial charge in [-0.25, -0.2) is 9.48 Å². The van der Waals surface area contributed by atoms with Crippen LogP contribution in [0.15, 0.2) is 30.5 Å². The molecule has 0 aliphatic carbocycles. The summed E-state index contributed by atoms with van der Waals surface area (Å²) in [5.41, 5.74) is -0.660. The first-order valence-corrected chi connectivity index (χ1v) is 7.87. The van der Waals surface area contributed by atoms with E-state index in [1.807, 2.05) is 0 Å². The number of rotatable bonds is 3. The van der Waals surface area contributed by atoms with Gasteiger partial charge in [0.05, 0.1) is 23.9 Å². The first-order chi connectivity index (χ1) is 11.9. The van der Waals surface area contributed by atoms with Crippen LogP contribution in [0.3, 0.4) is 0 Å². The third-order valence-corrected chi connectivity index (χ3v) is 4.12. The fourth-order valence-corrected chi connectivity index (χ4v) is 2.92. The third kappa shape index (κ3) is 3.53. The second-order valence-electron chi connectivity index (χ2n) is 5.73. The van der Waals surface area contributed by atoms with Crippen LogP contribution in [0.2, 0.25) is 0 Å². The topological polar surface area (TPSA) is 53.3 Å². The molecule has 2 heterocycles. The Morgan fingerprint density at radius 3 is 2.76 bits per heavy atom. The summed E-state index contributed by atoms with van der Waals surface area (Å²) in [5.74, 6) is -0.699. The number of halogens is 3. The van der Waals surface area contributed by atoms with Crippen molar-refractivity contribution in [3.63, 3.8) is 0 Å². The number of hydrogen-bond donors (Lipinski definition) is 0.